The summed E-state index contributed by atoms with van der Waals surface area (Å²) in [5.41, 5.74) is 1.82. The van der Waals surface area contributed by atoms with Crippen molar-refractivity contribution >= 4 is 39.1 Å². The van der Waals surface area contributed by atoms with Gasteiger partial charge in [0.25, 0.3) is 0 Å². The van der Waals surface area contributed by atoms with Gasteiger partial charge in [0.15, 0.2) is 0 Å². The van der Waals surface area contributed by atoms with Crippen molar-refractivity contribution < 1.29 is 18.0 Å². The Morgan fingerprint density at radius 2 is 1.65 bits per heavy atom. The van der Waals surface area contributed by atoms with Crippen molar-refractivity contribution in [2.75, 3.05) is 17.1 Å². The number of nitrogens with one attached hydrogen (secondary N) is 1. The average molecular weight is 508 g/mol. The minimum Gasteiger partial charge on any atom is -0.352 e. The Hall–Kier alpha value is -2.58. The Bertz CT molecular complexity index is 1110. The third-order valence-corrected chi connectivity index (χ3v) is 7.24. The van der Waals surface area contributed by atoms with Gasteiger partial charge in [-0.1, -0.05) is 61.8 Å². The molecule has 9 heteroatoms. The van der Waals surface area contributed by atoms with Crippen molar-refractivity contribution in [3.63, 3.8) is 0 Å². The lowest BCUT2D eigenvalue weighted by Gasteiger charge is -2.33. The van der Waals surface area contributed by atoms with Crippen LogP contribution >= 0.6 is 11.6 Å². The highest BCUT2D eigenvalue weighted by Crippen LogP contribution is 2.24. The quantitative estimate of drug-likeness (QED) is 0.495. The largest absolute Gasteiger partial charge is 0.352 e. The Morgan fingerprint density at radius 3 is 2.21 bits per heavy atom. The fraction of sp³-hybridized carbons (Fsp3) is 0.440. The van der Waals surface area contributed by atoms with Crippen LogP contribution in [0, 0.1) is 6.92 Å². The van der Waals surface area contributed by atoms with Gasteiger partial charge in [-0.2, -0.15) is 0 Å². The summed E-state index contributed by atoms with van der Waals surface area (Å²) in [5.74, 6) is -0.765. The molecular weight excluding hydrogens is 474 g/mol. The summed E-state index contributed by atoms with van der Waals surface area (Å²) in [6.07, 6.45) is 2.18. The van der Waals surface area contributed by atoms with Crippen LogP contribution in [0.1, 0.15) is 44.7 Å². The Balaban J connectivity index is 2.47. The van der Waals surface area contributed by atoms with E-state index >= 15 is 0 Å². The van der Waals surface area contributed by atoms with Gasteiger partial charge in [0.2, 0.25) is 21.8 Å². The maximum absolute atomic E-state index is 13.7. The molecule has 2 aromatic carbocycles. The SMILES string of the molecule is CC[C@@H](C)NC(=O)[C@H](CC)N(Cc1ccccc1Cl)C(=O)CN(c1ccccc1C)S(C)(=O)=O. The summed E-state index contributed by atoms with van der Waals surface area (Å²) < 4.78 is 26.4. The maximum atomic E-state index is 13.7. The fourth-order valence-electron chi connectivity index (χ4n) is 3.61. The summed E-state index contributed by atoms with van der Waals surface area (Å²) in [5, 5.41) is 3.41. The number of benzene rings is 2. The summed E-state index contributed by atoms with van der Waals surface area (Å²) in [6, 6.07) is 13.2. The Kier molecular flexibility index (Phi) is 9.94. The first-order chi connectivity index (χ1) is 16.0. The number of aryl methyl sites for hydroxylation is 1. The number of sulfonamides is 1. The Labute approximate surface area is 208 Å². The van der Waals surface area contributed by atoms with Crippen molar-refractivity contribution in [2.24, 2.45) is 0 Å². The number of rotatable bonds is 11. The van der Waals surface area contributed by atoms with Crippen LogP contribution in [-0.4, -0.2) is 50.0 Å². The minimum atomic E-state index is -3.77. The molecule has 0 unspecified atom stereocenters. The predicted octanol–water partition coefficient (Wildman–Crippen LogP) is 4.14. The maximum Gasteiger partial charge on any atom is 0.244 e. The van der Waals surface area contributed by atoms with Crippen molar-refractivity contribution in [3.05, 3.63) is 64.7 Å². The number of hydrogen-bond donors (Lipinski definition) is 1. The van der Waals surface area contributed by atoms with Gasteiger partial charge >= 0.3 is 0 Å². The van der Waals surface area contributed by atoms with Gasteiger partial charge in [-0.25, -0.2) is 8.42 Å². The molecule has 0 aromatic heterocycles. The highest BCUT2D eigenvalue weighted by atomic mass is 35.5. The van der Waals surface area contributed by atoms with E-state index in [1.807, 2.05) is 20.8 Å². The molecule has 1 N–H and O–H groups in total. The molecule has 0 aliphatic rings. The lowest BCUT2D eigenvalue weighted by molar-refractivity contribution is -0.140. The Morgan fingerprint density at radius 1 is 1.03 bits per heavy atom. The molecule has 0 saturated carbocycles. The van der Waals surface area contributed by atoms with Crippen LogP contribution in [0.3, 0.4) is 0 Å². The van der Waals surface area contributed by atoms with E-state index in [1.165, 1.54) is 4.90 Å². The van der Waals surface area contributed by atoms with Crippen molar-refractivity contribution in [1.29, 1.82) is 0 Å². The molecule has 0 radical (unpaired) electrons. The van der Waals surface area contributed by atoms with Crippen molar-refractivity contribution in [3.8, 4) is 0 Å². The van der Waals surface area contributed by atoms with E-state index in [4.69, 9.17) is 11.6 Å². The summed E-state index contributed by atoms with van der Waals surface area (Å²) in [7, 11) is -3.77. The lowest BCUT2D eigenvalue weighted by atomic mass is 10.1. The van der Waals surface area contributed by atoms with Gasteiger partial charge in [-0.3, -0.25) is 13.9 Å². The van der Waals surface area contributed by atoms with Gasteiger partial charge in [0.1, 0.15) is 12.6 Å². The number of anilines is 1. The molecule has 0 heterocycles. The second-order valence-corrected chi connectivity index (χ2v) is 10.7. The van der Waals surface area contributed by atoms with Crippen LogP contribution in [0.15, 0.2) is 48.5 Å². The third-order valence-electron chi connectivity index (χ3n) is 5.75. The van der Waals surface area contributed by atoms with Gasteiger partial charge in [-0.05, 0) is 49.9 Å². The number of carbonyl (C=O) groups is 2. The molecule has 0 aliphatic carbocycles. The molecule has 2 amide bonds. The molecule has 0 aliphatic heterocycles. The monoisotopic (exact) mass is 507 g/mol. The molecule has 0 fully saturated rings. The standard InChI is InChI=1S/C25H34ClN3O4S/c1-6-19(4)27-25(31)22(7-2)28(16-20-13-9-10-14-21(20)26)24(30)17-29(34(5,32)33)23-15-11-8-12-18(23)3/h8-15,19,22H,6-7,16-17H2,1-5H3,(H,27,31)/t19-,22+/m1/s1. The molecule has 186 valence electrons. The fourth-order valence-corrected chi connectivity index (χ4v) is 4.71. The normalized spacial score (nSPS) is 13.1. The summed E-state index contributed by atoms with van der Waals surface area (Å²) in [6.45, 7) is 7.12. The van der Waals surface area contributed by atoms with Crippen LogP contribution in [0.5, 0.6) is 0 Å². The number of nitrogens with zero attached hydrogens (tertiary/aromatic N) is 2. The predicted molar refractivity (Wildman–Crippen MR) is 137 cm³/mol. The van der Waals surface area contributed by atoms with Crippen LogP contribution in [-0.2, 0) is 26.2 Å². The minimum absolute atomic E-state index is 0.0571. The highest BCUT2D eigenvalue weighted by Gasteiger charge is 2.32. The summed E-state index contributed by atoms with van der Waals surface area (Å²) >= 11 is 6.36. The first kappa shape index (κ1) is 27.7. The van der Waals surface area contributed by atoms with Gasteiger partial charge in [-0.15, -0.1) is 0 Å². The second-order valence-electron chi connectivity index (χ2n) is 8.41. The zero-order valence-corrected chi connectivity index (χ0v) is 22.0. The van der Waals surface area contributed by atoms with Gasteiger partial charge in [0.05, 0.1) is 11.9 Å². The summed E-state index contributed by atoms with van der Waals surface area (Å²) in [4.78, 5) is 28.2. The zero-order valence-electron chi connectivity index (χ0n) is 20.4. The van der Waals surface area contributed by atoms with E-state index < -0.39 is 28.5 Å². The first-order valence-electron chi connectivity index (χ1n) is 11.4. The topological polar surface area (TPSA) is 86.8 Å². The van der Waals surface area contributed by atoms with Crippen molar-refractivity contribution in [1.82, 2.24) is 10.2 Å². The number of para-hydroxylation sites is 1. The van der Waals surface area contributed by atoms with E-state index in [9.17, 15) is 18.0 Å². The molecule has 7 nitrogen and oxygen atoms in total. The van der Waals surface area contributed by atoms with Crippen LogP contribution in [0.2, 0.25) is 5.02 Å². The van der Waals surface area contributed by atoms with Gasteiger partial charge in [0, 0.05) is 17.6 Å². The molecule has 0 spiro atoms. The molecular formula is C25H34ClN3O4S. The van der Waals surface area contributed by atoms with E-state index in [0.29, 0.717) is 22.7 Å². The van der Waals surface area contributed by atoms with E-state index in [2.05, 4.69) is 5.32 Å². The zero-order chi connectivity index (χ0) is 25.5. The number of carbonyl (C=O) groups excluding carboxylic acids is 2. The van der Waals surface area contributed by atoms with E-state index in [-0.39, 0.29) is 18.5 Å². The molecule has 34 heavy (non-hydrogen) atoms. The van der Waals surface area contributed by atoms with E-state index in [1.54, 1.807) is 55.5 Å². The van der Waals surface area contributed by atoms with Crippen LogP contribution in [0.4, 0.5) is 5.69 Å². The number of hydrogen-bond acceptors (Lipinski definition) is 4. The van der Waals surface area contributed by atoms with Crippen LogP contribution < -0.4 is 9.62 Å². The number of amides is 2. The first-order valence-corrected chi connectivity index (χ1v) is 13.6. The average Bonchev–Trinajstić information content (AvgIpc) is 2.78. The third kappa shape index (κ3) is 7.21. The van der Waals surface area contributed by atoms with Crippen molar-refractivity contribution in [2.45, 2.75) is 59.2 Å². The molecule has 2 atom stereocenters. The highest BCUT2D eigenvalue weighted by molar-refractivity contribution is 7.92. The van der Waals surface area contributed by atoms with Crippen LogP contribution in [0.25, 0.3) is 0 Å². The van der Waals surface area contributed by atoms with Gasteiger partial charge < -0.3 is 10.2 Å². The lowest BCUT2D eigenvalue weighted by Crippen LogP contribution is -2.53. The molecule has 0 saturated heterocycles. The second kappa shape index (κ2) is 12.2. The number of halogens is 1. The smallest absolute Gasteiger partial charge is 0.244 e. The molecule has 2 aromatic rings. The van der Waals surface area contributed by atoms with E-state index in [0.717, 1.165) is 22.5 Å². The molecule has 2 rings (SSSR count). The molecule has 0 bridgehead atoms.